The molecule has 2 aromatic rings. The van der Waals surface area contributed by atoms with Crippen molar-refractivity contribution in [1.29, 1.82) is 0 Å². The van der Waals surface area contributed by atoms with Gasteiger partial charge in [-0.05, 0) is 75.9 Å². The van der Waals surface area contributed by atoms with Crippen molar-refractivity contribution in [2.45, 2.75) is 53.7 Å². The Morgan fingerprint density at radius 2 is 1.54 bits per heavy atom. The molecule has 0 heterocycles. The second kappa shape index (κ2) is 7.52. The minimum Gasteiger partial charge on any atom is -0.481 e. The number of rotatable bonds is 5. The van der Waals surface area contributed by atoms with E-state index in [0.29, 0.717) is 0 Å². The first kappa shape index (κ1) is 18.1. The van der Waals surface area contributed by atoms with Gasteiger partial charge in [-0.25, -0.2) is 0 Å². The summed E-state index contributed by atoms with van der Waals surface area (Å²) in [5, 5.41) is 3.05. The monoisotopic (exact) mass is 325 g/mol. The number of amides is 1. The van der Waals surface area contributed by atoms with Gasteiger partial charge in [-0.3, -0.25) is 4.79 Å². The van der Waals surface area contributed by atoms with E-state index in [-0.39, 0.29) is 11.9 Å². The Bertz CT molecular complexity index is 716. The third-order valence-electron chi connectivity index (χ3n) is 4.14. The van der Waals surface area contributed by atoms with Crippen LogP contribution in [-0.4, -0.2) is 12.0 Å². The zero-order valence-corrected chi connectivity index (χ0v) is 15.4. The van der Waals surface area contributed by atoms with Gasteiger partial charge in [0.1, 0.15) is 5.75 Å². The van der Waals surface area contributed by atoms with Crippen molar-refractivity contribution in [3.8, 4) is 5.75 Å². The third-order valence-corrected chi connectivity index (χ3v) is 4.14. The molecule has 1 N–H and O–H groups in total. The van der Waals surface area contributed by atoms with Crippen molar-refractivity contribution in [3.05, 3.63) is 64.2 Å². The fraction of sp³-hybridized carbons (Fsp3) is 0.381. The summed E-state index contributed by atoms with van der Waals surface area (Å²) < 4.78 is 5.82. The SMILES string of the molecule is Cc1cc(C)cc(O[C@@H](C)C(=O)N[C@H](C)c2cc(C)ccc2C)c1. The molecular weight excluding hydrogens is 298 g/mol. The maximum Gasteiger partial charge on any atom is 0.261 e. The van der Waals surface area contributed by atoms with E-state index in [4.69, 9.17) is 4.74 Å². The Hall–Kier alpha value is -2.29. The van der Waals surface area contributed by atoms with Gasteiger partial charge < -0.3 is 10.1 Å². The van der Waals surface area contributed by atoms with Gasteiger partial charge in [0.2, 0.25) is 0 Å². The Labute approximate surface area is 145 Å². The molecule has 1 amide bonds. The molecule has 2 rings (SSSR count). The number of hydrogen-bond acceptors (Lipinski definition) is 2. The van der Waals surface area contributed by atoms with E-state index in [1.54, 1.807) is 6.92 Å². The predicted octanol–water partition coefficient (Wildman–Crippen LogP) is 4.56. The Morgan fingerprint density at radius 1 is 0.917 bits per heavy atom. The first-order valence-electron chi connectivity index (χ1n) is 8.38. The number of aryl methyl sites for hydroxylation is 4. The Morgan fingerprint density at radius 3 is 2.17 bits per heavy atom. The van der Waals surface area contributed by atoms with E-state index in [1.165, 1.54) is 11.1 Å². The number of ether oxygens (including phenoxy) is 1. The molecular formula is C21H27NO2. The Kier molecular flexibility index (Phi) is 5.66. The lowest BCUT2D eigenvalue weighted by molar-refractivity contribution is -0.127. The van der Waals surface area contributed by atoms with Crippen LogP contribution in [0.2, 0.25) is 0 Å². The summed E-state index contributed by atoms with van der Waals surface area (Å²) in [7, 11) is 0. The molecule has 24 heavy (non-hydrogen) atoms. The van der Waals surface area contributed by atoms with Crippen molar-refractivity contribution in [1.82, 2.24) is 5.32 Å². The van der Waals surface area contributed by atoms with Crippen LogP contribution in [0.5, 0.6) is 5.75 Å². The van der Waals surface area contributed by atoms with Gasteiger partial charge in [-0.1, -0.05) is 29.8 Å². The lowest BCUT2D eigenvalue weighted by Gasteiger charge is -2.21. The van der Waals surface area contributed by atoms with Gasteiger partial charge in [-0.15, -0.1) is 0 Å². The molecule has 2 atom stereocenters. The first-order valence-corrected chi connectivity index (χ1v) is 8.38. The lowest BCUT2D eigenvalue weighted by Crippen LogP contribution is -2.38. The summed E-state index contributed by atoms with van der Waals surface area (Å²) in [4.78, 5) is 12.5. The summed E-state index contributed by atoms with van der Waals surface area (Å²) in [5.41, 5.74) is 5.76. The molecule has 128 valence electrons. The summed E-state index contributed by atoms with van der Waals surface area (Å²) in [6, 6.07) is 12.2. The second-order valence-electron chi connectivity index (χ2n) is 6.67. The molecule has 0 saturated heterocycles. The van der Waals surface area contributed by atoms with E-state index in [0.717, 1.165) is 22.4 Å². The van der Waals surface area contributed by atoms with Crippen LogP contribution in [0, 0.1) is 27.7 Å². The van der Waals surface area contributed by atoms with Gasteiger partial charge in [0.15, 0.2) is 6.10 Å². The zero-order chi connectivity index (χ0) is 17.9. The Balaban J connectivity index is 2.04. The molecule has 0 aliphatic carbocycles. The molecule has 3 heteroatoms. The third kappa shape index (κ3) is 4.60. The van der Waals surface area contributed by atoms with E-state index in [1.807, 2.05) is 32.9 Å². The van der Waals surface area contributed by atoms with Crippen LogP contribution in [0.3, 0.4) is 0 Å². The topological polar surface area (TPSA) is 38.3 Å². The number of benzene rings is 2. The van der Waals surface area contributed by atoms with Crippen LogP contribution in [0.15, 0.2) is 36.4 Å². The highest BCUT2D eigenvalue weighted by Gasteiger charge is 2.19. The summed E-state index contributed by atoms with van der Waals surface area (Å²) >= 11 is 0. The molecule has 0 unspecified atom stereocenters. The molecule has 0 fully saturated rings. The molecule has 0 aliphatic rings. The summed E-state index contributed by atoms with van der Waals surface area (Å²) in [6.07, 6.45) is -0.543. The van der Waals surface area contributed by atoms with E-state index >= 15 is 0 Å². The highest BCUT2D eigenvalue weighted by Crippen LogP contribution is 2.20. The number of carbonyl (C=O) groups excluding carboxylic acids is 1. The molecule has 0 saturated carbocycles. The van der Waals surface area contributed by atoms with Crippen molar-refractivity contribution in [2.24, 2.45) is 0 Å². The van der Waals surface area contributed by atoms with Crippen LogP contribution in [0.25, 0.3) is 0 Å². The first-order chi connectivity index (χ1) is 11.3. The molecule has 3 nitrogen and oxygen atoms in total. The van der Waals surface area contributed by atoms with Gasteiger partial charge >= 0.3 is 0 Å². The number of carbonyl (C=O) groups is 1. The van der Waals surface area contributed by atoms with Gasteiger partial charge in [0.25, 0.3) is 5.91 Å². The molecule has 2 aromatic carbocycles. The van der Waals surface area contributed by atoms with Crippen LogP contribution in [-0.2, 0) is 4.79 Å². The van der Waals surface area contributed by atoms with E-state index in [9.17, 15) is 4.79 Å². The summed E-state index contributed by atoms with van der Waals surface area (Å²) in [5.74, 6) is 0.622. The number of hydrogen-bond donors (Lipinski definition) is 1. The quantitative estimate of drug-likeness (QED) is 0.875. The van der Waals surface area contributed by atoms with Crippen LogP contribution < -0.4 is 10.1 Å². The lowest BCUT2D eigenvalue weighted by atomic mass is 10.00. The molecule has 0 aromatic heterocycles. The molecule has 0 aliphatic heterocycles. The van der Waals surface area contributed by atoms with E-state index in [2.05, 4.69) is 43.4 Å². The van der Waals surface area contributed by atoms with Crippen molar-refractivity contribution < 1.29 is 9.53 Å². The van der Waals surface area contributed by atoms with Gasteiger partial charge in [0, 0.05) is 0 Å². The predicted molar refractivity (Wildman–Crippen MR) is 98.5 cm³/mol. The molecule has 0 bridgehead atoms. The fourth-order valence-electron chi connectivity index (χ4n) is 2.89. The fourth-order valence-corrected chi connectivity index (χ4v) is 2.89. The standard InChI is InChI=1S/C21H27NO2/c1-13-7-8-16(4)20(12-13)17(5)22-21(23)18(6)24-19-10-14(2)9-15(3)11-19/h7-12,17-18H,1-6H3,(H,22,23)/t17-,18+/m1/s1. The minimum atomic E-state index is -0.543. The van der Waals surface area contributed by atoms with Gasteiger partial charge in [0.05, 0.1) is 6.04 Å². The van der Waals surface area contributed by atoms with Crippen LogP contribution in [0.4, 0.5) is 0 Å². The van der Waals surface area contributed by atoms with Crippen molar-refractivity contribution in [3.63, 3.8) is 0 Å². The largest absolute Gasteiger partial charge is 0.481 e. The summed E-state index contributed by atoms with van der Waals surface area (Å²) in [6.45, 7) is 11.9. The van der Waals surface area contributed by atoms with Crippen LogP contribution in [0.1, 0.15) is 47.7 Å². The average molecular weight is 325 g/mol. The normalized spacial score (nSPS) is 13.2. The maximum atomic E-state index is 12.5. The van der Waals surface area contributed by atoms with Crippen LogP contribution >= 0.6 is 0 Å². The smallest absolute Gasteiger partial charge is 0.261 e. The van der Waals surface area contributed by atoms with E-state index < -0.39 is 6.10 Å². The number of nitrogens with one attached hydrogen (secondary N) is 1. The second-order valence-corrected chi connectivity index (χ2v) is 6.67. The highest BCUT2D eigenvalue weighted by molar-refractivity contribution is 5.81. The van der Waals surface area contributed by atoms with Crippen molar-refractivity contribution in [2.75, 3.05) is 0 Å². The average Bonchev–Trinajstić information content (AvgIpc) is 2.48. The minimum absolute atomic E-state index is 0.0531. The van der Waals surface area contributed by atoms with Crippen molar-refractivity contribution >= 4 is 5.91 Å². The zero-order valence-electron chi connectivity index (χ0n) is 15.4. The van der Waals surface area contributed by atoms with Gasteiger partial charge in [-0.2, -0.15) is 0 Å². The maximum absolute atomic E-state index is 12.5. The molecule has 0 radical (unpaired) electrons. The molecule has 0 spiro atoms. The highest BCUT2D eigenvalue weighted by atomic mass is 16.5.